The lowest BCUT2D eigenvalue weighted by atomic mass is 9.83. The molecule has 0 bridgehead atoms. The molecular formula is C24H34N6O2. The number of guanidine groups is 1. The molecule has 1 aliphatic carbocycles. The van der Waals surface area contributed by atoms with Crippen LogP contribution in [0.3, 0.4) is 0 Å². The van der Waals surface area contributed by atoms with Crippen LogP contribution in [0.25, 0.3) is 0 Å². The molecule has 3 heterocycles. The van der Waals surface area contributed by atoms with E-state index in [4.69, 9.17) is 14.6 Å². The first-order valence-electron chi connectivity index (χ1n) is 11.7. The minimum absolute atomic E-state index is 0.150. The molecular weight excluding hydrogens is 404 g/mol. The Morgan fingerprint density at radius 3 is 2.66 bits per heavy atom. The van der Waals surface area contributed by atoms with Gasteiger partial charge in [-0.05, 0) is 50.1 Å². The summed E-state index contributed by atoms with van der Waals surface area (Å²) in [6.45, 7) is 6.18. The smallest absolute Gasteiger partial charge is 0.221 e. The van der Waals surface area contributed by atoms with Gasteiger partial charge in [-0.2, -0.15) is 5.10 Å². The van der Waals surface area contributed by atoms with Crippen molar-refractivity contribution < 1.29 is 9.57 Å². The van der Waals surface area contributed by atoms with Gasteiger partial charge in [-0.3, -0.25) is 4.68 Å². The normalized spacial score (nSPS) is 25.6. The molecule has 172 valence electrons. The maximum absolute atomic E-state index is 6.43. The van der Waals surface area contributed by atoms with E-state index in [1.165, 1.54) is 12.8 Å². The molecule has 3 aliphatic rings. The lowest BCUT2D eigenvalue weighted by Crippen LogP contribution is -2.60. The number of nitrogens with zero attached hydrogens (tertiary/aromatic N) is 5. The zero-order valence-corrected chi connectivity index (χ0v) is 19.4. The number of rotatable bonds is 7. The number of hydrogen-bond donors (Lipinski definition) is 1. The quantitative estimate of drug-likeness (QED) is 0.717. The van der Waals surface area contributed by atoms with Gasteiger partial charge in [0.2, 0.25) is 5.96 Å². The largest absolute Gasteiger partial charge is 0.494 e. The second-order valence-electron chi connectivity index (χ2n) is 9.46. The van der Waals surface area contributed by atoms with Crippen LogP contribution in [0.15, 0.2) is 41.5 Å². The first-order chi connectivity index (χ1) is 15.5. The van der Waals surface area contributed by atoms with E-state index in [2.05, 4.69) is 52.5 Å². The number of ether oxygens (including phenoxy) is 1. The van der Waals surface area contributed by atoms with E-state index in [1.54, 1.807) is 0 Å². The van der Waals surface area contributed by atoms with Gasteiger partial charge in [0.1, 0.15) is 5.75 Å². The zero-order valence-electron chi connectivity index (χ0n) is 19.4. The SMILES string of the molecule is CCCOc1ccc(CN=C2NOC3(CCN(C)CC34CC4)N2Cc2ccn(C)n2)cc1. The lowest BCUT2D eigenvalue weighted by molar-refractivity contribution is -0.191. The average molecular weight is 439 g/mol. The number of hydrogen-bond acceptors (Lipinski definition) is 5. The number of nitrogens with one attached hydrogen (secondary N) is 1. The van der Waals surface area contributed by atoms with Crippen molar-refractivity contribution in [2.45, 2.75) is 51.4 Å². The highest BCUT2D eigenvalue weighted by Crippen LogP contribution is 2.61. The summed E-state index contributed by atoms with van der Waals surface area (Å²) in [6, 6.07) is 10.3. The third kappa shape index (κ3) is 3.86. The third-order valence-corrected chi connectivity index (χ3v) is 6.99. The van der Waals surface area contributed by atoms with Gasteiger partial charge in [0.05, 0.1) is 25.4 Å². The monoisotopic (exact) mass is 438 g/mol. The molecule has 5 rings (SSSR count). The van der Waals surface area contributed by atoms with Crippen molar-refractivity contribution in [1.29, 1.82) is 0 Å². The van der Waals surface area contributed by atoms with Crippen molar-refractivity contribution in [3.63, 3.8) is 0 Å². The van der Waals surface area contributed by atoms with Gasteiger partial charge in [0, 0.05) is 38.2 Å². The highest BCUT2D eigenvalue weighted by molar-refractivity contribution is 5.81. The highest BCUT2D eigenvalue weighted by atomic mass is 16.7. The second-order valence-corrected chi connectivity index (χ2v) is 9.46. The second kappa shape index (κ2) is 8.41. The van der Waals surface area contributed by atoms with Gasteiger partial charge in [-0.15, -0.1) is 0 Å². The first kappa shape index (κ1) is 21.3. The van der Waals surface area contributed by atoms with Crippen LogP contribution >= 0.6 is 0 Å². The summed E-state index contributed by atoms with van der Waals surface area (Å²) >= 11 is 0. The van der Waals surface area contributed by atoms with E-state index in [-0.39, 0.29) is 11.1 Å². The van der Waals surface area contributed by atoms with Crippen LogP contribution < -0.4 is 10.2 Å². The van der Waals surface area contributed by atoms with E-state index in [9.17, 15) is 0 Å². The van der Waals surface area contributed by atoms with Crippen molar-refractivity contribution in [3.05, 3.63) is 47.8 Å². The summed E-state index contributed by atoms with van der Waals surface area (Å²) in [7, 11) is 4.17. The van der Waals surface area contributed by atoms with Crippen LogP contribution in [-0.4, -0.2) is 58.0 Å². The molecule has 1 aromatic heterocycles. The molecule has 1 unspecified atom stereocenters. The standard InChI is InChI=1S/C24H34N6O2/c1-4-15-31-21-7-5-19(6-8-21)16-25-22-27-32-24(12-14-28(2)18-23(24)10-11-23)30(22)17-20-9-13-29(3)26-20/h5-9,13H,4,10-12,14-18H2,1-3H3,(H,25,27). The van der Waals surface area contributed by atoms with Crippen LogP contribution in [0.4, 0.5) is 0 Å². The molecule has 1 atom stereocenters. The summed E-state index contributed by atoms with van der Waals surface area (Å²) in [5, 5.41) is 4.63. The number of hydroxylamine groups is 1. The van der Waals surface area contributed by atoms with E-state index in [0.717, 1.165) is 55.5 Å². The zero-order chi connectivity index (χ0) is 22.2. The van der Waals surface area contributed by atoms with Gasteiger partial charge in [0.25, 0.3) is 0 Å². The van der Waals surface area contributed by atoms with Gasteiger partial charge >= 0.3 is 0 Å². The van der Waals surface area contributed by atoms with E-state index >= 15 is 0 Å². The fourth-order valence-electron chi connectivity index (χ4n) is 5.13. The molecule has 8 heteroatoms. The Bertz CT molecular complexity index is 967. The topological polar surface area (TPSA) is 67.2 Å². The Morgan fingerprint density at radius 1 is 1.16 bits per heavy atom. The van der Waals surface area contributed by atoms with Crippen LogP contribution in [0.2, 0.25) is 0 Å². The lowest BCUT2D eigenvalue weighted by Gasteiger charge is -2.48. The fourth-order valence-corrected chi connectivity index (χ4v) is 5.13. The summed E-state index contributed by atoms with van der Waals surface area (Å²) in [4.78, 5) is 16.1. The summed E-state index contributed by atoms with van der Waals surface area (Å²) in [5.74, 6) is 1.71. The molecule has 1 saturated carbocycles. The number of fused-ring (bicyclic) bond motifs is 1. The summed E-state index contributed by atoms with van der Waals surface area (Å²) in [5.41, 5.74) is 5.17. The number of aryl methyl sites for hydroxylation is 1. The Morgan fingerprint density at radius 2 is 1.97 bits per heavy atom. The number of likely N-dealkylation sites (tertiary alicyclic amines) is 1. The fraction of sp³-hybridized carbons (Fsp3) is 0.583. The Kier molecular flexibility index (Phi) is 5.59. The molecule has 0 amide bonds. The average Bonchev–Trinajstić information content (AvgIpc) is 3.30. The van der Waals surface area contributed by atoms with Crippen molar-refractivity contribution in [1.82, 2.24) is 25.1 Å². The molecule has 1 aromatic carbocycles. The van der Waals surface area contributed by atoms with Gasteiger partial charge in [-0.1, -0.05) is 19.1 Å². The summed E-state index contributed by atoms with van der Waals surface area (Å²) in [6.07, 6.45) is 6.32. The molecule has 32 heavy (non-hydrogen) atoms. The van der Waals surface area contributed by atoms with Gasteiger partial charge in [0.15, 0.2) is 5.72 Å². The molecule has 8 nitrogen and oxygen atoms in total. The van der Waals surface area contributed by atoms with Crippen molar-refractivity contribution >= 4 is 5.96 Å². The molecule has 0 radical (unpaired) electrons. The van der Waals surface area contributed by atoms with Crippen molar-refractivity contribution in [3.8, 4) is 5.75 Å². The molecule has 2 aromatic rings. The third-order valence-electron chi connectivity index (χ3n) is 6.99. The van der Waals surface area contributed by atoms with E-state index in [0.29, 0.717) is 13.1 Å². The van der Waals surface area contributed by atoms with Crippen molar-refractivity contribution in [2.24, 2.45) is 17.5 Å². The Labute approximate surface area is 190 Å². The Hall–Kier alpha value is -2.58. The number of piperidine rings is 1. The van der Waals surface area contributed by atoms with Gasteiger partial charge in [-0.25, -0.2) is 15.3 Å². The maximum Gasteiger partial charge on any atom is 0.221 e. The first-order valence-corrected chi connectivity index (χ1v) is 11.7. The predicted octanol–water partition coefficient (Wildman–Crippen LogP) is 2.91. The number of benzene rings is 1. The number of aromatic nitrogens is 2. The van der Waals surface area contributed by atoms with Crippen molar-refractivity contribution in [2.75, 3.05) is 26.7 Å². The van der Waals surface area contributed by atoms with Gasteiger partial charge < -0.3 is 14.5 Å². The molecule has 2 aliphatic heterocycles. The molecule has 2 saturated heterocycles. The highest BCUT2D eigenvalue weighted by Gasteiger charge is 2.68. The Balaban J connectivity index is 1.38. The van der Waals surface area contributed by atoms with Crippen LogP contribution in [-0.2, 0) is 25.0 Å². The number of aliphatic imine (C=N–C) groups is 1. The molecule has 3 fully saturated rings. The minimum Gasteiger partial charge on any atom is -0.494 e. The van der Waals surface area contributed by atoms with Crippen LogP contribution in [0, 0.1) is 5.41 Å². The summed E-state index contributed by atoms with van der Waals surface area (Å²) < 4.78 is 7.55. The van der Waals surface area contributed by atoms with Crippen LogP contribution in [0.1, 0.15) is 43.9 Å². The van der Waals surface area contributed by atoms with Crippen LogP contribution in [0.5, 0.6) is 5.75 Å². The molecule has 1 N–H and O–H groups in total. The predicted molar refractivity (Wildman–Crippen MR) is 123 cm³/mol. The minimum atomic E-state index is -0.367. The molecule has 2 spiro atoms. The van der Waals surface area contributed by atoms with E-state index in [1.807, 2.05) is 30.1 Å². The maximum atomic E-state index is 6.43. The van der Waals surface area contributed by atoms with E-state index < -0.39 is 0 Å².